The van der Waals surface area contributed by atoms with Crippen molar-refractivity contribution in [3.05, 3.63) is 10.6 Å². The monoisotopic (exact) mass is 215 g/mol. The van der Waals surface area contributed by atoms with Crippen molar-refractivity contribution in [2.45, 2.75) is 12.3 Å². The van der Waals surface area contributed by atoms with Crippen LogP contribution in [0.25, 0.3) is 0 Å². The van der Waals surface area contributed by atoms with Crippen LogP contribution in [0.3, 0.4) is 0 Å². The molecule has 1 fully saturated rings. The van der Waals surface area contributed by atoms with Gasteiger partial charge in [-0.25, -0.2) is 4.79 Å². The SMILES string of the molecule is CC1=C(C(=O)O)S[C@@H]2C(CO)C(=O)N12. The van der Waals surface area contributed by atoms with Gasteiger partial charge in [0.2, 0.25) is 5.91 Å². The van der Waals surface area contributed by atoms with E-state index in [0.29, 0.717) is 5.70 Å². The Bertz CT molecular complexity index is 351. The fourth-order valence-corrected chi connectivity index (χ4v) is 3.05. The number of nitrogens with zero attached hydrogens (tertiary/aromatic N) is 1. The van der Waals surface area contributed by atoms with Gasteiger partial charge in [-0.1, -0.05) is 11.8 Å². The average molecular weight is 215 g/mol. The van der Waals surface area contributed by atoms with E-state index in [0.717, 1.165) is 11.8 Å². The molecule has 2 heterocycles. The minimum Gasteiger partial charge on any atom is -0.477 e. The highest BCUT2D eigenvalue weighted by Gasteiger charge is 2.53. The highest BCUT2D eigenvalue weighted by atomic mass is 32.2. The molecule has 0 aromatic rings. The van der Waals surface area contributed by atoms with E-state index in [1.54, 1.807) is 6.92 Å². The zero-order valence-electron chi connectivity index (χ0n) is 7.43. The van der Waals surface area contributed by atoms with Crippen molar-refractivity contribution in [1.82, 2.24) is 4.90 Å². The second kappa shape index (κ2) is 2.99. The summed E-state index contributed by atoms with van der Waals surface area (Å²) in [6.45, 7) is 1.40. The lowest BCUT2D eigenvalue weighted by molar-refractivity contribution is -0.148. The fraction of sp³-hybridized carbons (Fsp3) is 0.500. The van der Waals surface area contributed by atoms with Crippen LogP contribution in [0.4, 0.5) is 0 Å². The van der Waals surface area contributed by atoms with Gasteiger partial charge in [-0.2, -0.15) is 0 Å². The van der Waals surface area contributed by atoms with Gasteiger partial charge in [-0.3, -0.25) is 4.79 Å². The van der Waals surface area contributed by atoms with Gasteiger partial charge in [0.05, 0.1) is 12.5 Å². The molecule has 0 bridgehead atoms. The molecule has 0 saturated carbocycles. The largest absolute Gasteiger partial charge is 0.477 e. The number of rotatable bonds is 2. The Hall–Kier alpha value is -1.01. The molecular formula is C8H9NO4S. The van der Waals surface area contributed by atoms with Gasteiger partial charge in [0, 0.05) is 5.70 Å². The van der Waals surface area contributed by atoms with E-state index in [1.165, 1.54) is 4.90 Å². The summed E-state index contributed by atoms with van der Waals surface area (Å²) in [6.07, 6.45) is 0. The summed E-state index contributed by atoms with van der Waals surface area (Å²) in [7, 11) is 0. The van der Waals surface area contributed by atoms with Crippen LogP contribution in [-0.4, -0.2) is 39.0 Å². The summed E-state index contributed by atoms with van der Waals surface area (Å²) in [5.41, 5.74) is 0.488. The highest BCUT2D eigenvalue weighted by molar-refractivity contribution is 8.04. The van der Waals surface area contributed by atoms with E-state index >= 15 is 0 Å². The van der Waals surface area contributed by atoms with Crippen molar-refractivity contribution < 1.29 is 19.8 Å². The van der Waals surface area contributed by atoms with Gasteiger partial charge in [0.25, 0.3) is 0 Å². The molecule has 1 saturated heterocycles. The zero-order chi connectivity index (χ0) is 10.5. The van der Waals surface area contributed by atoms with Gasteiger partial charge >= 0.3 is 5.97 Å². The van der Waals surface area contributed by atoms with E-state index in [1.807, 2.05) is 0 Å². The molecule has 14 heavy (non-hydrogen) atoms. The smallest absolute Gasteiger partial charge is 0.344 e. The van der Waals surface area contributed by atoms with Crippen LogP contribution < -0.4 is 0 Å². The van der Waals surface area contributed by atoms with Crippen LogP contribution >= 0.6 is 11.8 Å². The molecule has 0 aromatic carbocycles. The first-order chi connectivity index (χ1) is 6.57. The fourth-order valence-electron chi connectivity index (χ4n) is 1.70. The second-order valence-corrected chi connectivity index (χ2v) is 4.35. The van der Waals surface area contributed by atoms with Gasteiger partial charge in [-0.15, -0.1) is 0 Å². The minimum atomic E-state index is -1.01. The lowest BCUT2D eigenvalue weighted by atomic mass is 9.99. The third kappa shape index (κ3) is 1.01. The van der Waals surface area contributed by atoms with Crippen molar-refractivity contribution in [1.29, 1.82) is 0 Å². The van der Waals surface area contributed by atoms with Crippen molar-refractivity contribution in [2.24, 2.45) is 5.92 Å². The number of fused-ring (bicyclic) bond motifs is 1. The zero-order valence-corrected chi connectivity index (χ0v) is 8.24. The first kappa shape index (κ1) is 9.54. The van der Waals surface area contributed by atoms with E-state index in [9.17, 15) is 9.59 Å². The molecule has 2 N–H and O–H groups in total. The van der Waals surface area contributed by atoms with Crippen LogP contribution in [0.1, 0.15) is 6.92 Å². The Kier molecular flexibility index (Phi) is 2.04. The maximum Gasteiger partial charge on any atom is 0.344 e. The van der Waals surface area contributed by atoms with Gasteiger partial charge < -0.3 is 15.1 Å². The molecule has 2 aliphatic heterocycles. The summed E-state index contributed by atoms with van der Waals surface area (Å²) in [5.74, 6) is -1.63. The molecule has 2 rings (SSSR count). The Labute approximate surface area is 84.4 Å². The third-order valence-corrected chi connectivity index (χ3v) is 3.96. The number of allylic oxidation sites excluding steroid dienone is 1. The molecular weight excluding hydrogens is 206 g/mol. The predicted molar refractivity (Wildman–Crippen MR) is 49.1 cm³/mol. The first-order valence-electron chi connectivity index (χ1n) is 4.12. The first-order valence-corrected chi connectivity index (χ1v) is 5.00. The summed E-state index contributed by atoms with van der Waals surface area (Å²) in [6, 6.07) is 0. The summed E-state index contributed by atoms with van der Waals surface area (Å²) < 4.78 is 0. The van der Waals surface area contributed by atoms with Crippen molar-refractivity contribution in [3.8, 4) is 0 Å². The third-order valence-electron chi connectivity index (χ3n) is 2.47. The topological polar surface area (TPSA) is 77.8 Å². The van der Waals surface area contributed by atoms with E-state index < -0.39 is 11.9 Å². The van der Waals surface area contributed by atoms with Crippen LogP contribution in [0.5, 0.6) is 0 Å². The average Bonchev–Trinajstić information content (AvgIpc) is 2.39. The molecule has 76 valence electrons. The number of amides is 1. The van der Waals surface area contributed by atoms with Crippen LogP contribution in [0, 0.1) is 5.92 Å². The summed E-state index contributed by atoms with van der Waals surface area (Å²) in [4.78, 5) is 23.8. The number of aliphatic carboxylic acids is 1. The molecule has 2 atom stereocenters. The van der Waals surface area contributed by atoms with Crippen molar-refractivity contribution in [2.75, 3.05) is 6.61 Å². The lowest BCUT2D eigenvalue weighted by Gasteiger charge is -2.41. The van der Waals surface area contributed by atoms with E-state index in [-0.39, 0.29) is 22.8 Å². The number of hydrogen-bond donors (Lipinski definition) is 2. The van der Waals surface area contributed by atoms with Gasteiger partial charge in [0.1, 0.15) is 10.3 Å². The highest BCUT2D eigenvalue weighted by Crippen LogP contribution is 2.48. The lowest BCUT2D eigenvalue weighted by Crippen LogP contribution is -2.57. The van der Waals surface area contributed by atoms with Crippen LogP contribution in [0.2, 0.25) is 0 Å². The molecule has 2 aliphatic rings. The quantitative estimate of drug-likeness (QED) is 0.625. The molecule has 5 nitrogen and oxygen atoms in total. The number of aliphatic hydroxyl groups is 1. The maximum atomic E-state index is 11.4. The Morgan fingerprint density at radius 3 is 2.79 bits per heavy atom. The van der Waals surface area contributed by atoms with Crippen LogP contribution in [0.15, 0.2) is 10.6 Å². The van der Waals surface area contributed by atoms with E-state index in [4.69, 9.17) is 10.2 Å². The maximum absolute atomic E-state index is 11.4. The number of carbonyl (C=O) groups excluding carboxylic acids is 1. The predicted octanol–water partition coefficient (Wildman–Crippen LogP) is -0.174. The van der Waals surface area contributed by atoms with E-state index in [2.05, 4.69) is 0 Å². The molecule has 0 aliphatic carbocycles. The van der Waals surface area contributed by atoms with Crippen molar-refractivity contribution in [3.63, 3.8) is 0 Å². The number of carboxylic acid groups (broad SMARTS) is 1. The number of aliphatic hydroxyl groups excluding tert-OH is 1. The molecule has 1 amide bonds. The Morgan fingerprint density at radius 1 is 1.64 bits per heavy atom. The Morgan fingerprint density at radius 2 is 2.29 bits per heavy atom. The van der Waals surface area contributed by atoms with Crippen LogP contribution in [-0.2, 0) is 9.59 Å². The molecule has 0 aromatic heterocycles. The number of carbonyl (C=O) groups is 2. The molecule has 0 radical (unpaired) electrons. The van der Waals surface area contributed by atoms with Crippen molar-refractivity contribution >= 4 is 23.6 Å². The number of β-lactam (4-membered cyclic amide) rings is 1. The molecule has 0 spiro atoms. The van der Waals surface area contributed by atoms with Gasteiger partial charge in [-0.05, 0) is 6.92 Å². The Balaban J connectivity index is 2.25. The number of thioether (sulfide) groups is 1. The molecule has 6 heteroatoms. The minimum absolute atomic E-state index is 0.182. The van der Waals surface area contributed by atoms with Gasteiger partial charge in [0.15, 0.2) is 0 Å². The number of carboxylic acids is 1. The standard InChI is InChI=1S/C8H9NO4S/c1-3-5(8(12)13)14-7-4(2-10)6(11)9(3)7/h4,7,10H,2H2,1H3,(H,12,13)/t4?,7-/m1/s1. The molecule has 1 unspecified atom stereocenters. The second-order valence-electron chi connectivity index (χ2n) is 3.23. The normalized spacial score (nSPS) is 30.4. The summed E-state index contributed by atoms with van der Waals surface area (Å²) in [5, 5.41) is 17.5. The summed E-state index contributed by atoms with van der Waals surface area (Å²) >= 11 is 1.14. The number of hydrogen-bond acceptors (Lipinski definition) is 4.